The predicted molar refractivity (Wildman–Crippen MR) is 104 cm³/mol. The number of hydrogen-bond donors (Lipinski definition) is 2. The monoisotopic (exact) mass is 401 g/mol. The van der Waals surface area contributed by atoms with E-state index in [1.807, 2.05) is 13.8 Å². The SMILES string of the molecule is CC(C)Cn1cnc2ccc(C(=O)Nc3ccc(S(N)(=O)=O)nc3)cc2c1=O. The van der Waals surface area contributed by atoms with Crippen LogP contribution < -0.4 is 16.0 Å². The summed E-state index contributed by atoms with van der Waals surface area (Å²) in [7, 11) is -3.91. The fraction of sp³-hybridized carbons (Fsp3) is 0.222. The first-order valence-electron chi connectivity index (χ1n) is 8.44. The van der Waals surface area contributed by atoms with Crippen LogP contribution in [0.2, 0.25) is 0 Å². The van der Waals surface area contributed by atoms with Crippen LogP contribution in [-0.2, 0) is 16.6 Å². The van der Waals surface area contributed by atoms with E-state index in [1.165, 1.54) is 35.3 Å². The Balaban J connectivity index is 1.89. The normalized spacial score (nSPS) is 11.7. The average Bonchev–Trinajstić information content (AvgIpc) is 2.63. The fourth-order valence-electron chi connectivity index (χ4n) is 2.65. The molecule has 0 saturated heterocycles. The van der Waals surface area contributed by atoms with E-state index < -0.39 is 15.9 Å². The lowest BCUT2D eigenvalue weighted by Gasteiger charge is -2.10. The van der Waals surface area contributed by atoms with Gasteiger partial charge in [0.2, 0.25) is 0 Å². The molecule has 0 bridgehead atoms. The molecule has 2 aromatic heterocycles. The summed E-state index contributed by atoms with van der Waals surface area (Å²) in [6.07, 6.45) is 2.69. The molecule has 3 rings (SSSR count). The van der Waals surface area contributed by atoms with Gasteiger partial charge in [-0.3, -0.25) is 14.2 Å². The van der Waals surface area contributed by atoms with E-state index in [-0.39, 0.29) is 22.1 Å². The van der Waals surface area contributed by atoms with Crippen LogP contribution in [0.4, 0.5) is 5.69 Å². The van der Waals surface area contributed by atoms with Gasteiger partial charge < -0.3 is 5.32 Å². The Morgan fingerprint density at radius 2 is 1.96 bits per heavy atom. The third-order valence-electron chi connectivity index (χ3n) is 3.93. The van der Waals surface area contributed by atoms with E-state index in [2.05, 4.69) is 15.3 Å². The Bertz CT molecular complexity index is 1200. The predicted octanol–water partition coefficient (Wildman–Crippen LogP) is 1.35. The number of sulfonamides is 1. The lowest BCUT2D eigenvalue weighted by atomic mass is 10.1. The van der Waals surface area contributed by atoms with Gasteiger partial charge in [-0.1, -0.05) is 13.8 Å². The summed E-state index contributed by atoms with van der Waals surface area (Å²) in [5.41, 5.74) is 0.846. The maximum Gasteiger partial charge on any atom is 0.261 e. The van der Waals surface area contributed by atoms with Gasteiger partial charge in [0.1, 0.15) is 0 Å². The van der Waals surface area contributed by atoms with E-state index in [0.717, 1.165) is 0 Å². The molecule has 9 nitrogen and oxygen atoms in total. The maximum atomic E-state index is 12.6. The molecule has 146 valence electrons. The van der Waals surface area contributed by atoms with Crippen molar-refractivity contribution in [3.05, 3.63) is 58.8 Å². The van der Waals surface area contributed by atoms with Crippen molar-refractivity contribution in [2.75, 3.05) is 5.32 Å². The van der Waals surface area contributed by atoms with Gasteiger partial charge in [-0.15, -0.1) is 0 Å². The minimum absolute atomic E-state index is 0.215. The third kappa shape index (κ3) is 4.24. The Hall–Kier alpha value is -3.11. The number of carbonyl (C=O) groups is 1. The summed E-state index contributed by atoms with van der Waals surface area (Å²) in [5.74, 6) is -0.193. The van der Waals surface area contributed by atoms with Crippen molar-refractivity contribution in [3.63, 3.8) is 0 Å². The number of hydrogen-bond acceptors (Lipinski definition) is 6. The first-order chi connectivity index (χ1) is 13.1. The fourth-order valence-corrected chi connectivity index (χ4v) is 3.11. The minimum Gasteiger partial charge on any atom is -0.321 e. The molecule has 0 atom stereocenters. The Labute approximate surface area is 161 Å². The van der Waals surface area contributed by atoms with Gasteiger partial charge in [0.05, 0.1) is 29.1 Å². The molecular weight excluding hydrogens is 382 g/mol. The number of nitrogens with zero attached hydrogens (tertiary/aromatic N) is 3. The lowest BCUT2D eigenvalue weighted by molar-refractivity contribution is 0.102. The topological polar surface area (TPSA) is 137 Å². The van der Waals surface area contributed by atoms with Crippen LogP contribution in [0.15, 0.2) is 52.7 Å². The molecule has 3 aromatic rings. The standard InChI is InChI=1S/C18H19N5O4S/c1-11(2)9-23-10-21-15-5-3-12(7-14(15)18(23)25)17(24)22-13-4-6-16(20-8-13)28(19,26)27/h3-8,10-11H,9H2,1-2H3,(H,22,24)(H2,19,26,27). The third-order valence-corrected chi connectivity index (χ3v) is 4.76. The van der Waals surface area contributed by atoms with Crippen molar-refractivity contribution < 1.29 is 13.2 Å². The quantitative estimate of drug-likeness (QED) is 0.662. The molecule has 0 aliphatic rings. The van der Waals surface area contributed by atoms with Crippen LogP contribution >= 0.6 is 0 Å². The van der Waals surface area contributed by atoms with Gasteiger partial charge in [-0.25, -0.2) is 23.5 Å². The Kier molecular flexibility index (Phi) is 5.25. The number of primary sulfonamides is 1. The van der Waals surface area contributed by atoms with Gasteiger partial charge in [-0.05, 0) is 36.2 Å². The second-order valence-corrected chi connectivity index (χ2v) is 8.22. The molecule has 0 spiro atoms. The summed E-state index contributed by atoms with van der Waals surface area (Å²) in [5, 5.41) is 7.64. The molecule has 2 heterocycles. The number of amides is 1. The number of anilines is 1. The van der Waals surface area contributed by atoms with Crippen LogP contribution in [0.3, 0.4) is 0 Å². The number of nitrogens with one attached hydrogen (secondary N) is 1. The molecule has 0 radical (unpaired) electrons. The molecule has 1 aromatic carbocycles. The Morgan fingerprint density at radius 1 is 1.21 bits per heavy atom. The number of nitrogens with two attached hydrogens (primary N) is 1. The van der Waals surface area contributed by atoms with Crippen LogP contribution in [0.1, 0.15) is 24.2 Å². The van der Waals surface area contributed by atoms with E-state index in [4.69, 9.17) is 5.14 Å². The lowest BCUT2D eigenvalue weighted by Crippen LogP contribution is -2.23. The highest BCUT2D eigenvalue weighted by Gasteiger charge is 2.13. The summed E-state index contributed by atoms with van der Waals surface area (Å²) in [6.45, 7) is 4.52. The molecular formula is C18H19N5O4S. The van der Waals surface area contributed by atoms with E-state index in [1.54, 1.807) is 12.1 Å². The van der Waals surface area contributed by atoms with Crippen LogP contribution in [0, 0.1) is 5.92 Å². The van der Waals surface area contributed by atoms with Crippen molar-refractivity contribution >= 4 is 32.5 Å². The molecule has 0 unspecified atom stereocenters. The maximum absolute atomic E-state index is 12.6. The van der Waals surface area contributed by atoms with Crippen molar-refractivity contribution in [1.82, 2.24) is 14.5 Å². The second-order valence-electron chi connectivity index (χ2n) is 6.71. The Morgan fingerprint density at radius 3 is 2.57 bits per heavy atom. The number of benzene rings is 1. The van der Waals surface area contributed by atoms with Crippen molar-refractivity contribution in [2.45, 2.75) is 25.4 Å². The smallest absolute Gasteiger partial charge is 0.261 e. The molecule has 10 heteroatoms. The van der Waals surface area contributed by atoms with E-state index in [9.17, 15) is 18.0 Å². The molecule has 1 amide bonds. The number of rotatable bonds is 5. The van der Waals surface area contributed by atoms with Crippen LogP contribution in [-0.4, -0.2) is 28.9 Å². The molecule has 28 heavy (non-hydrogen) atoms. The van der Waals surface area contributed by atoms with Crippen molar-refractivity contribution in [2.24, 2.45) is 11.1 Å². The van der Waals surface area contributed by atoms with Crippen LogP contribution in [0.5, 0.6) is 0 Å². The zero-order chi connectivity index (χ0) is 20.5. The van der Waals surface area contributed by atoms with E-state index in [0.29, 0.717) is 23.1 Å². The first-order valence-corrected chi connectivity index (χ1v) is 9.99. The summed E-state index contributed by atoms with van der Waals surface area (Å²) >= 11 is 0. The highest BCUT2D eigenvalue weighted by Crippen LogP contribution is 2.14. The second kappa shape index (κ2) is 7.49. The van der Waals surface area contributed by atoms with Crippen LogP contribution in [0.25, 0.3) is 10.9 Å². The number of aromatic nitrogens is 3. The average molecular weight is 401 g/mol. The minimum atomic E-state index is -3.91. The van der Waals surface area contributed by atoms with Gasteiger partial charge in [0, 0.05) is 12.1 Å². The summed E-state index contributed by atoms with van der Waals surface area (Å²) in [6, 6.07) is 7.22. The molecule has 0 saturated carbocycles. The number of fused-ring (bicyclic) bond motifs is 1. The summed E-state index contributed by atoms with van der Waals surface area (Å²) in [4.78, 5) is 33.1. The molecule has 0 aliphatic carbocycles. The van der Waals surface area contributed by atoms with Gasteiger partial charge >= 0.3 is 0 Å². The number of pyridine rings is 1. The zero-order valence-corrected chi connectivity index (χ0v) is 16.1. The van der Waals surface area contributed by atoms with Gasteiger partial charge in [0.25, 0.3) is 21.5 Å². The highest BCUT2D eigenvalue weighted by molar-refractivity contribution is 7.89. The van der Waals surface area contributed by atoms with E-state index >= 15 is 0 Å². The van der Waals surface area contributed by atoms with Crippen molar-refractivity contribution in [1.29, 1.82) is 0 Å². The van der Waals surface area contributed by atoms with Gasteiger partial charge in [-0.2, -0.15) is 0 Å². The summed E-state index contributed by atoms with van der Waals surface area (Å²) < 4.78 is 24.0. The van der Waals surface area contributed by atoms with Crippen molar-refractivity contribution in [3.8, 4) is 0 Å². The number of carbonyl (C=O) groups excluding carboxylic acids is 1. The molecule has 0 aliphatic heterocycles. The highest BCUT2D eigenvalue weighted by atomic mass is 32.2. The molecule has 0 fully saturated rings. The zero-order valence-electron chi connectivity index (χ0n) is 15.3. The van der Waals surface area contributed by atoms with Gasteiger partial charge in [0.15, 0.2) is 5.03 Å². The molecule has 3 N–H and O–H groups in total. The first kappa shape index (κ1) is 19.6. The largest absolute Gasteiger partial charge is 0.321 e.